The van der Waals surface area contributed by atoms with Gasteiger partial charge in [0.25, 0.3) is 5.91 Å². The molecule has 1 aliphatic heterocycles. The summed E-state index contributed by atoms with van der Waals surface area (Å²) in [4.78, 5) is 26.5. The van der Waals surface area contributed by atoms with Crippen molar-refractivity contribution in [2.45, 2.75) is 18.7 Å². The largest absolute Gasteiger partial charge is 0.394 e. The fraction of sp³-hybridized carbons (Fsp3) is 0.200. The number of nitrogens with zero attached hydrogens (tertiary/aromatic N) is 1. The molecule has 0 aromatic heterocycles. The zero-order chi connectivity index (χ0) is 21.6. The number of benzene rings is 3. The Balaban J connectivity index is 1.48. The topological polar surface area (TPSA) is 78.9 Å². The van der Waals surface area contributed by atoms with E-state index in [9.17, 15) is 14.7 Å². The summed E-state index contributed by atoms with van der Waals surface area (Å²) in [5.41, 5.74) is 3.07. The van der Waals surface area contributed by atoms with Crippen molar-refractivity contribution in [3.8, 4) is 0 Å². The molecule has 0 bridgehead atoms. The third-order valence-electron chi connectivity index (χ3n) is 5.37. The van der Waals surface area contributed by atoms with Crippen molar-refractivity contribution in [2.75, 3.05) is 18.5 Å². The zero-order valence-corrected chi connectivity index (χ0v) is 17.0. The molecule has 2 amide bonds. The molecule has 2 unspecified atom stereocenters. The smallest absolute Gasteiger partial charge is 0.255 e. The minimum atomic E-state index is -0.494. The second kappa shape index (κ2) is 9.55. The number of hydrogen-bond donors (Lipinski definition) is 2. The number of amides is 2. The highest BCUT2D eigenvalue weighted by atomic mass is 16.5. The van der Waals surface area contributed by atoms with Crippen LogP contribution in [0.3, 0.4) is 0 Å². The van der Waals surface area contributed by atoms with E-state index in [4.69, 9.17) is 4.74 Å². The molecule has 2 atom stereocenters. The van der Waals surface area contributed by atoms with Gasteiger partial charge >= 0.3 is 0 Å². The highest BCUT2D eigenvalue weighted by Gasteiger charge is 2.37. The number of carbonyl (C=O) groups excluding carboxylic acids is 2. The van der Waals surface area contributed by atoms with Crippen LogP contribution in [0.4, 0.5) is 5.69 Å². The minimum absolute atomic E-state index is 0.0412. The first-order valence-electron chi connectivity index (χ1n) is 10.2. The van der Waals surface area contributed by atoms with Gasteiger partial charge in [0.2, 0.25) is 5.91 Å². The lowest BCUT2D eigenvalue weighted by atomic mass is 9.98. The first-order valence-corrected chi connectivity index (χ1v) is 10.2. The number of nitrogens with one attached hydrogen (secondary N) is 1. The predicted octanol–water partition coefficient (Wildman–Crippen LogP) is 3.40. The fourth-order valence-corrected chi connectivity index (χ4v) is 3.75. The number of anilines is 1. The van der Waals surface area contributed by atoms with Crippen molar-refractivity contribution < 1.29 is 19.4 Å². The van der Waals surface area contributed by atoms with Gasteiger partial charge in [-0.1, -0.05) is 60.7 Å². The van der Waals surface area contributed by atoms with Crippen molar-refractivity contribution in [3.05, 3.63) is 102 Å². The molecule has 4 rings (SSSR count). The summed E-state index contributed by atoms with van der Waals surface area (Å²) in [5, 5.41) is 12.9. The quantitative estimate of drug-likeness (QED) is 0.646. The maximum atomic E-state index is 12.5. The summed E-state index contributed by atoms with van der Waals surface area (Å²) in [6.07, 6.45) is -0.453. The molecule has 1 aliphatic rings. The van der Waals surface area contributed by atoms with E-state index >= 15 is 0 Å². The molecule has 0 saturated carbocycles. The molecule has 2 N–H and O–H groups in total. The van der Waals surface area contributed by atoms with Gasteiger partial charge in [-0.3, -0.25) is 9.59 Å². The Morgan fingerprint density at radius 1 is 0.968 bits per heavy atom. The van der Waals surface area contributed by atoms with E-state index in [1.54, 1.807) is 29.2 Å². The molecule has 6 nitrogen and oxygen atoms in total. The molecule has 158 valence electrons. The van der Waals surface area contributed by atoms with Crippen LogP contribution in [0.25, 0.3) is 0 Å². The van der Waals surface area contributed by atoms with Crippen molar-refractivity contribution in [1.29, 1.82) is 0 Å². The first kappa shape index (κ1) is 20.8. The van der Waals surface area contributed by atoms with Crippen molar-refractivity contribution in [3.63, 3.8) is 0 Å². The minimum Gasteiger partial charge on any atom is -0.394 e. The average molecular weight is 416 g/mol. The molecule has 1 heterocycles. The van der Waals surface area contributed by atoms with Crippen LogP contribution in [0.15, 0.2) is 84.9 Å². The van der Waals surface area contributed by atoms with Gasteiger partial charge in [0.1, 0.15) is 12.7 Å². The fourth-order valence-electron chi connectivity index (χ4n) is 3.75. The Morgan fingerprint density at radius 2 is 1.61 bits per heavy atom. The van der Waals surface area contributed by atoms with Crippen LogP contribution in [-0.2, 0) is 16.1 Å². The number of carbonyl (C=O) groups is 2. The lowest BCUT2D eigenvalue weighted by Crippen LogP contribution is -2.52. The molecule has 31 heavy (non-hydrogen) atoms. The van der Waals surface area contributed by atoms with Crippen LogP contribution in [0, 0.1) is 0 Å². The zero-order valence-electron chi connectivity index (χ0n) is 17.0. The van der Waals surface area contributed by atoms with Gasteiger partial charge in [-0.25, -0.2) is 0 Å². The van der Waals surface area contributed by atoms with E-state index in [1.165, 1.54) is 0 Å². The van der Waals surface area contributed by atoms with Gasteiger partial charge in [0, 0.05) is 17.8 Å². The van der Waals surface area contributed by atoms with Gasteiger partial charge in [-0.2, -0.15) is 0 Å². The molecular weight excluding hydrogens is 392 g/mol. The number of rotatable bonds is 6. The summed E-state index contributed by atoms with van der Waals surface area (Å²) < 4.78 is 5.80. The van der Waals surface area contributed by atoms with Crippen LogP contribution in [0.5, 0.6) is 0 Å². The highest BCUT2D eigenvalue weighted by Crippen LogP contribution is 2.31. The third kappa shape index (κ3) is 4.82. The second-order valence-corrected chi connectivity index (χ2v) is 7.43. The maximum Gasteiger partial charge on any atom is 0.255 e. The normalized spacial score (nSPS) is 18.6. The summed E-state index contributed by atoms with van der Waals surface area (Å²) in [7, 11) is 0. The Hall–Kier alpha value is -3.48. The van der Waals surface area contributed by atoms with E-state index in [0.29, 0.717) is 17.8 Å². The number of aliphatic hydroxyl groups excluding tert-OH is 1. The molecule has 0 aliphatic carbocycles. The van der Waals surface area contributed by atoms with E-state index < -0.39 is 12.1 Å². The van der Waals surface area contributed by atoms with E-state index in [1.807, 2.05) is 60.7 Å². The molecule has 1 fully saturated rings. The van der Waals surface area contributed by atoms with Gasteiger partial charge in [0.15, 0.2) is 0 Å². The van der Waals surface area contributed by atoms with E-state index in [-0.39, 0.29) is 25.0 Å². The number of hydrogen-bond acceptors (Lipinski definition) is 4. The molecule has 3 aromatic carbocycles. The number of aliphatic hydroxyl groups is 1. The maximum absolute atomic E-state index is 12.5. The lowest BCUT2D eigenvalue weighted by molar-refractivity contribution is -0.162. The van der Waals surface area contributed by atoms with Crippen LogP contribution in [0.2, 0.25) is 0 Å². The van der Waals surface area contributed by atoms with Crippen LogP contribution in [-0.4, -0.2) is 41.1 Å². The van der Waals surface area contributed by atoms with Gasteiger partial charge < -0.3 is 20.1 Å². The third-order valence-corrected chi connectivity index (χ3v) is 5.37. The van der Waals surface area contributed by atoms with Crippen molar-refractivity contribution >= 4 is 17.5 Å². The van der Waals surface area contributed by atoms with Crippen LogP contribution < -0.4 is 5.32 Å². The second-order valence-electron chi connectivity index (χ2n) is 7.43. The van der Waals surface area contributed by atoms with Gasteiger partial charge in [0.05, 0.1) is 12.6 Å². The highest BCUT2D eigenvalue weighted by molar-refractivity contribution is 6.04. The molecule has 0 radical (unpaired) electrons. The molecular formula is C25H24N2O4. The Morgan fingerprint density at radius 3 is 2.26 bits per heavy atom. The van der Waals surface area contributed by atoms with Gasteiger partial charge in [-0.15, -0.1) is 0 Å². The van der Waals surface area contributed by atoms with E-state index in [0.717, 1.165) is 11.1 Å². The summed E-state index contributed by atoms with van der Waals surface area (Å²) in [5.74, 6) is -0.332. The summed E-state index contributed by atoms with van der Waals surface area (Å²) in [6.45, 7) is 0.159. The number of morpholine rings is 1. The summed E-state index contributed by atoms with van der Waals surface area (Å²) in [6, 6.07) is 25.5. The SMILES string of the molecule is O=C(Nc1ccc(C2OCC(=O)N(Cc3ccccc3)C2CO)cc1)c1ccccc1. The monoisotopic (exact) mass is 416 g/mol. The Labute approximate surface area is 181 Å². The molecule has 1 saturated heterocycles. The Kier molecular flexibility index (Phi) is 6.40. The number of ether oxygens (including phenoxy) is 1. The van der Waals surface area contributed by atoms with Crippen molar-refractivity contribution in [2.24, 2.45) is 0 Å². The lowest BCUT2D eigenvalue weighted by Gasteiger charge is -2.40. The van der Waals surface area contributed by atoms with Crippen LogP contribution >= 0.6 is 0 Å². The van der Waals surface area contributed by atoms with Gasteiger partial charge in [-0.05, 0) is 35.4 Å². The van der Waals surface area contributed by atoms with E-state index in [2.05, 4.69) is 5.32 Å². The Bertz CT molecular complexity index is 1020. The first-order chi connectivity index (χ1) is 15.2. The molecule has 3 aromatic rings. The predicted molar refractivity (Wildman–Crippen MR) is 117 cm³/mol. The van der Waals surface area contributed by atoms with Crippen LogP contribution in [0.1, 0.15) is 27.6 Å². The summed E-state index contributed by atoms with van der Waals surface area (Å²) >= 11 is 0. The standard InChI is InChI=1S/C25H24N2O4/c28-16-22-24(31-17-23(29)27(22)15-18-7-3-1-4-8-18)19-11-13-21(14-12-19)26-25(30)20-9-5-2-6-10-20/h1-14,22,24,28H,15-17H2,(H,26,30). The average Bonchev–Trinajstić information content (AvgIpc) is 2.82. The molecule has 0 spiro atoms. The van der Waals surface area contributed by atoms with Crippen molar-refractivity contribution in [1.82, 2.24) is 4.90 Å². The molecule has 6 heteroatoms.